The number of hydrogen-bond donors (Lipinski definition) is 0. The summed E-state index contributed by atoms with van der Waals surface area (Å²) >= 11 is 2.41. The summed E-state index contributed by atoms with van der Waals surface area (Å²) in [5, 5.41) is 0. The number of rotatable bonds is 5. The lowest BCUT2D eigenvalue weighted by Crippen LogP contribution is -2.00. The highest BCUT2D eigenvalue weighted by Gasteiger charge is 2.14. The van der Waals surface area contributed by atoms with E-state index in [1.807, 2.05) is 6.92 Å². The summed E-state index contributed by atoms with van der Waals surface area (Å²) in [4.78, 5) is 0. The van der Waals surface area contributed by atoms with E-state index in [1.54, 1.807) is 14.2 Å². The molecule has 0 saturated heterocycles. The summed E-state index contributed by atoms with van der Waals surface area (Å²) in [6, 6.07) is 4.16. The van der Waals surface area contributed by atoms with Crippen LogP contribution in [0.15, 0.2) is 12.1 Å². The van der Waals surface area contributed by atoms with Gasteiger partial charge in [0, 0.05) is 9.99 Å². The fourth-order valence-corrected chi connectivity index (χ4v) is 2.71. The summed E-state index contributed by atoms with van der Waals surface area (Å²) in [6.07, 6.45) is 1.16. The second-order valence-corrected chi connectivity index (χ2v) is 5.02. The van der Waals surface area contributed by atoms with Crippen LogP contribution in [0.3, 0.4) is 0 Å². The first-order valence-corrected chi connectivity index (χ1v) is 6.95. The van der Waals surface area contributed by atoms with E-state index in [0.29, 0.717) is 5.92 Å². The highest BCUT2D eigenvalue weighted by Crippen LogP contribution is 2.34. The van der Waals surface area contributed by atoms with Gasteiger partial charge in [-0.2, -0.15) is 0 Å². The quantitative estimate of drug-likeness (QED) is 0.600. The number of benzene rings is 1. The maximum atomic E-state index is 5.44. The van der Waals surface area contributed by atoms with E-state index in [4.69, 9.17) is 9.47 Å². The van der Waals surface area contributed by atoms with Crippen molar-refractivity contribution < 1.29 is 9.47 Å². The molecule has 0 radical (unpaired) electrons. The highest BCUT2D eigenvalue weighted by atomic mass is 127. The third-order valence-corrected chi connectivity index (χ3v) is 3.44. The molecule has 0 spiro atoms. The molecular weight excluding hydrogens is 315 g/mol. The average molecular weight is 334 g/mol. The Morgan fingerprint density at radius 2 is 1.81 bits per heavy atom. The van der Waals surface area contributed by atoms with E-state index in [0.717, 1.165) is 27.9 Å². The Kier molecular flexibility index (Phi) is 5.38. The van der Waals surface area contributed by atoms with Crippen LogP contribution in [-0.2, 0) is 0 Å². The largest absolute Gasteiger partial charge is 0.496 e. The van der Waals surface area contributed by atoms with E-state index in [2.05, 4.69) is 41.6 Å². The maximum Gasteiger partial charge on any atom is 0.122 e. The first-order chi connectivity index (χ1) is 7.63. The Hall–Kier alpha value is -0.450. The molecule has 0 fully saturated rings. The van der Waals surface area contributed by atoms with Gasteiger partial charge in [0.25, 0.3) is 0 Å². The summed E-state index contributed by atoms with van der Waals surface area (Å²) in [5.74, 6) is 2.41. The van der Waals surface area contributed by atoms with Crippen LogP contribution in [0.5, 0.6) is 11.5 Å². The Labute approximate surface area is 111 Å². The molecule has 16 heavy (non-hydrogen) atoms. The molecule has 0 N–H and O–H groups in total. The first-order valence-electron chi connectivity index (χ1n) is 5.42. The number of methoxy groups -OCH3 is 2. The lowest BCUT2D eigenvalue weighted by atomic mass is 9.96. The molecule has 90 valence electrons. The van der Waals surface area contributed by atoms with Crippen molar-refractivity contribution in [3.8, 4) is 11.5 Å². The standard InChI is InChI=1S/C13H19IO2/c1-9(5-6-14)11-8-12(15-3)10(2)7-13(11)16-4/h7-9H,5-6H2,1-4H3/t9-/m0/s1. The summed E-state index contributed by atoms with van der Waals surface area (Å²) in [7, 11) is 3.43. The summed E-state index contributed by atoms with van der Waals surface area (Å²) in [5.41, 5.74) is 2.35. The van der Waals surface area contributed by atoms with Crippen molar-refractivity contribution in [2.75, 3.05) is 18.6 Å². The second kappa shape index (κ2) is 6.33. The first kappa shape index (κ1) is 13.6. The van der Waals surface area contributed by atoms with Gasteiger partial charge in [-0.05, 0) is 37.0 Å². The molecule has 0 aliphatic rings. The molecule has 0 heterocycles. The maximum absolute atomic E-state index is 5.44. The number of ether oxygens (including phenoxy) is 2. The van der Waals surface area contributed by atoms with Gasteiger partial charge in [0.2, 0.25) is 0 Å². The molecule has 1 rings (SSSR count). The molecule has 0 unspecified atom stereocenters. The van der Waals surface area contributed by atoms with Gasteiger partial charge in [0.15, 0.2) is 0 Å². The van der Waals surface area contributed by atoms with Crippen LogP contribution in [0.2, 0.25) is 0 Å². The fourth-order valence-electron chi connectivity index (χ4n) is 1.78. The van der Waals surface area contributed by atoms with E-state index in [-0.39, 0.29) is 0 Å². The van der Waals surface area contributed by atoms with Crippen molar-refractivity contribution in [1.29, 1.82) is 0 Å². The minimum atomic E-state index is 0.501. The molecule has 0 bridgehead atoms. The van der Waals surface area contributed by atoms with Gasteiger partial charge in [-0.1, -0.05) is 29.5 Å². The Morgan fingerprint density at radius 3 is 2.31 bits per heavy atom. The number of aryl methyl sites for hydroxylation is 1. The molecule has 0 saturated carbocycles. The average Bonchev–Trinajstić information content (AvgIpc) is 2.28. The van der Waals surface area contributed by atoms with Gasteiger partial charge in [0.1, 0.15) is 11.5 Å². The lowest BCUT2D eigenvalue weighted by Gasteiger charge is -2.17. The van der Waals surface area contributed by atoms with E-state index < -0.39 is 0 Å². The normalized spacial score (nSPS) is 12.3. The SMILES string of the molecule is COc1cc([C@@H](C)CCI)c(OC)cc1C. The van der Waals surface area contributed by atoms with Gasteiger partial charge in [0.05, 0.1) is 14.2 Å². The number of hydrogen-bond acceptors (Lipinski definition) is 2. The molecule has 2 nitrogen and oxygen atoms in total. The smallest absolute Gasteiger partial charge is 0.122 e. The number of halogens is 1. The predicted molar refractivity (Wildman–Crippen MR) is 76.2 cm³/mol. The monoisotopic (exact) mass is 334 g/mol. The molecule has 1 atom stereocenters. The molecular formula is C13H19IO2. The summed E-state index contributed by atoms with van der Waals surface area (Å²) < 4.78 is 11.9. The van der Waals surface area contributed by atoms with Gasteiger partial charge in [-0.25, -0.2) is 0 Å². The van der Waals surface area contributed by atoms with E-state index >= 15 is 0 Å². The zero-order valence-corrected chi connectivity index (χ0v) is 12.5. The third kappa shape index (κ3) is 3.03. The zero-order chi connectivity index (χ0) is 12.1. The molecule has 0 aromatic heterocycles. The van der Waals surface area contributed by atoms with E-state index in [9.17, 15) is 0 Å². The van der Waals surface area contributed by atoms with Crippen molar-refractivity contribution in [2.45, 2.75) is 26.2 Å². The lowest BCUT2D eigenvalue weighted by molar-refractivity contribution is 0.393. The number of alkyl halides is 1. The summed E-state index contributed by atoms with van der Waals surface area (Å²) in [6.45, 7) is 4.26. The third-order valence-electron chi connectivity index (χ3n) is 2.82. The molecule has 0 aliphatic carbocycles. The van der Waals surface area contributed by atoms with Gasteiger partial charge in [-0.3, -0.25) is 0 Å². The fraction of sp³-hybridized carbons (Fsp3) is 0.538. The minimum absolute atomic E-state index is 0.501. The Bertz CT molecular complexity index is 350. The zero-order valence-electron chi connectivity index (χ0n) is 10.3. The van der Waals surface area contributed by atoms with Crippen molar-refractivity contribution in [3.63, 3.8) is 0 Å². The van der Waals surface area contributed by atoms with Crippen LogP contribution in [0.25, 0.3) is 0 Å². The van der Waals surface area contributed by atoms with Crippen LogP contribution in [-0.4, -0.2) is 18.6 Å². The van der Waals surface area contributed by atoms with Crippen LogP contribution in [0.1, 0.15) is 30.4 Å². The Balaban J connectivity index is 3.13. The van der Waals surface area contributed by atoms with Gasteiger partial charge < -0.3 is 9.47 Å². The van der Waals surface area contributed by atoms with Crippen molar-refractivity contribution in [3.05, 3.63) is 23.3 Å². The predicted octanol–water partition coefficient (Wildman–Crippen LogP) is 3.94. The highest BCUT2D eigenvalue weighted by molar-refractivity contribution is 14.1. The molecule has 3 heteroatoms. The van der Waals surface area contributed by atoms with Gasteiger partial charge >= 0.3 is 0 Å². The van der Waals surface area contributed by atoms with Crippen molar-refractivity contribution >= 4 is 22.6 Å². The van der Waals surface area contributed by atoms with Crippen LogP contribution < -0.4 is 9.47 Å². The van der Waals surface area contributed by atoms with Crippen molar-refractivity contribution in [2.24, 2.45) is 0 Å². The molecule has 1 aromatic rings. The Morgan fingerprint density at radius 1 is 1.19 bits per heavy atom. The van der Waals surface area contributed by atoms with Crippen LogP contribution >= 0.6 is 22.6 Å². The van der Waals surface area contributed by atoms with Crippen LogP contribution in [0, 0.1) is 6.92 Å². The van der Waals surface area contributed by atoms with Crippen LogP contribution in [0.4, 0.5) is 0 Å². The second-order valence-electron chi connectivity index (χ2n) is 3.94. The molecule has 0 aliphatic heterocycles. The minimum Gasteiger partial charge on any atom is -0.496 e. The topological polar surface area (TPSA) is 18.5 Å². The van der Waals surface area contributed by atoms with Crippen molar-refractivity contribution in [1.82, 2.24) is 0 Å². The molecule has 0 amide bonds. The van der Waals surface area contributed by atoms with Gasteiger partial charge in [-0.15, -0.1) is 0 Å². The molecule has 1 aromatic carbocycles. The van der Waals surface area contributed by atoms with E-state index in [1.165, 1.54) is 5.56 Å².